The first-order valence-corrected chi connectivity index (χ1v) is 9.42. The van der Waals surface area contributed by atoms with Crippen molar-refractivity contribution in [3.8, 4) is 5.75 Å². The quantitative estimate of drug-likeness (QED) is 0.458. The Kier molecular flexibility index (Phi) is 4.21. The molecule has 1 aromatic carbocycles. The molecule has 3 atom stereocenters. The second-order valence-corrected chi connectivity index (χ2v) is 7.65. The van der Waals surface area contributed by atoms with E-state index >= 15 is 0 Å². The van der Waals surface area contributed by atoms with Crippen LogP contribution in [0.15, 0.2) is 18.2 Å². The number of rotatable bonds is 2. The molecule has 4 nitrogen and oxygen atoms in total. The number of benzene rings is 1. The van der Waals surface area contributed by atoms with Crippen molar-refractivity contribution in [3.05, 3.63) is 29.3 Å². The number of likely N-dealkylation sites (tertiary alicyclic amines) is 1. The summed E-state index contributed by atoms with van der Waals surface area (Å²) in [6, 6.07) is 6.56. The van der Waals surface area contributed by atoms with E-state index in [2.05, 4.69) is 28.8 Å². The molecule has 1 aliphatic heterocycles. The third kappa shape index (κ3) is 2.51. The Bertz CT molecular complexity index is 649. The van der Waals surface area contributed by atoms with Gasteiger partial charge in [-0.3, -0.25) is 0 Å². The zero-order chi connectivity index (χ0) is 16.7. The molecular formula is C19H24ClNO3. The number of hydrogen-bond donors (Lipinski definition) is 0. The lowest BCUT2D eigenvalue weighted by atomic mass is 9.52. The number of ether oxygens (including phenoxy) is 2. The lowest BCUT2D eigenvalue weighted by Crippen LogP contribution is -2.59. The monoisotopic (exact) mass is 349 g/mol. The third-order valence-corrected chi connectivity index (χ3v) is 6.57. The summed E-state index contributed by atoms with van der Waals surface area (Å²) in [5.74, 6) is 1.29. The highest BCUT2D eigenvalue weighted by atomic mass is 35.5. The fourth-order valence-electron chi connectivity index (χ4n) is 5.41. The maximum absolute atomic E-state index is 11.6. The number of fused-ring (bicyclic) bond motifs is 1. The van der Waals surface area contributed by atoms with Crippen LogP contribution in [0.1, 0.15) is 43.2 Å². The Morgan fingerprint density at radius 1 is 1.38 bits per heavy atom. The van der Waals surface area contributed by atoms with Gasteiger partial charge >= 0.3 is 6.16 Å². The van der Waals surface area contributed by atoms with Gasteiger partial charge in [0.15, 0.2) is 6.07 Å². The summed E-state index contributed by atoms with van der Waals surface area (Å²) in [6.45, 7) is 1.15. The molecule has 1 aromatic rings. The minimum Gasteiger partial charge on any atom is -0.418 e. The Morgan fingerprint density at radius 2 is 2.25 bits per heavy atom. The van der Waals surface area contributed by atoms with Crippen LogP contribution < -0.4 is 4.74 Å². The molecule has 5 heteroatoms. The minimum absolute atomic E-state index is 0.191. The van der Waals surface area contributed by atoms with E-state index in [1.807, 2.05) is 6.07 Å². The van der Waals surface area contributed by atoms with Gasteiger partial charge in [0.05, 0.1) is 0 Å². The predicted molar refractivity (Wildman–Crippen MR) is 92.6 cm³/mol. The van der Waals surface area contributed by atoms with Gasteiger partial charge in [-0.1, -0.05) is 30.5 Å². The Morgan fingerprint density at radius 3 is 3.08 bits per heavy atom. The molecule has 130 valence electrons. The Balaban J connectivity index is 1.72. The smallest absolute Gasteiger partial charge is 0.418 e. The summed E-state index contributed by atoms with van der Waals surface area (Å²) in [6.07, 6.45) is 6.77. The summed E-state index contributed by atoms with van der Waals surface area (Å²) in [5.41, 5.74) is 3.09. The van der Waals surface area contributed by atoms with Crippen molar-refractivity contribution >= 4 is 17.8 Å². The van der Waals surface area contributed by atoms with E-state index in [4.69, 9.17) is 16.3 Å². The minimum atomic E-state index is -0.736. The highest BCUT2D eigenvalue weighted by Gasteiger charge is 2.53. The van der Waals surface area contributed by atoms with Gasteiger partial charge in [-0.25, -0.2) is 4.79 Å². The van der Waals surface area contributed by atoms with Crippen LogP contribution in [0.5, 0.6) is 5.75 Å². The average molecular weight is 350 g/mol. The summed E-state index contributed by atoms with van der Waals surface area (Å²) in [5, 5.41) is 0. The van der Waals surface area contributed by atoms with E-state index in [-0.39, 0.29) is 11.5 Å². The van der Waals surface area contributed by atoms with Crippen molar-refractivity contribution in [2.75, 3.05) is 19.7 Å². The SMILES string of the molecule is CN1CC[C@@]23CCCC[C@@H]2C1Cc1ccc(OC(=O)OCCl)cc13. The molecule has 0 amide bonds. The molecule has 0 N–H and O–H groups in total. The van der Waals surface area contributed by atoms with Gasteiger partial charge in [0.2, 0.25) is 0 Å². The van der Waals surface area contributed by atoms with E-state index in [0.29, 0.717) is 11.8 Å². The van der Waals surface area contributed by atoms with Crippen LogP contribution in [-0.2, 0) is 16.6 Å². The van der Waals surface area contributed by atoms with Crippen LogP contribution in [0.25, 0.3) is 0 Å². The van der Waals surface area contributed by atoms with E-state index in [9.17, 15) is 4.79 Å². The molecule has 4 rings (SSSR count). The molecule has 1 heterocycles. The van der Waals surface area contributed by atoms with Crippen molar-refractivity contribution in [2.45, 2.75) is 50.0 Å². The number of nitrogens with zero attached hydrogens (tertiary/aromatic N) is 1. The van der Waals surface area contributed by atoms with E-state index in [1.165, 1.54) is 43.2 Å². The highest BCUT2D eigenvalue weighted by molar-refractivity contribution is 6.17. The van der Waals surface area contributed by atoms with Gasteiger partial charge in [-0.15, -0.1) is 0 Å². The second kappa shape index (κ2) is 6.23. The number of halogens is 1. The molecule has 2 fully saturated rings. The first kappa shape index (κ1) is 16.2. The second-order valence-electron chi connectivity index (χ2n) is 7.43. The number of piperidine rings is 1. The lowest BCUT2D eigenvalue weighted by molar-refractivity contribution is 0.00270. The molecule has 1 unspecified atom stereocenters. The maximum atomic E-state index is 11.6. The summed E-state index contributed by atoms with van der Waals surface area (Å²) < 4.78 is 9.99. The van der Waals surface area contributed by atoms with E-state index < -0.39 is 6.16 Å². The zero-order valence-electron chi connectivity index (χ0n) is 14.1. The molecule has 0 spiro atoms. The molecule has 3 aliphatic rings. The molecular weight excluding hydrogens is 326 g/mol. The molecule has 24 heavy (non-hydrogen) atoms. The Hall–Kier alpha value is -1.26. The van der Waals surface area contributed by atoms with Gasteiger partial charge in [0.25, 0.3) is 0 Å². The van der Waals surface area contributed by atoms with Crippen molar-refractivity contribution in [3.63, 3.8) is 0 Å². The fraction of sp³-hybridized carbons (Fsp3) is 0.632. The van der Waals surface area contributed by atoms with E-state index in [0.717, 1.165) is 18.9 Å². The molecule has 1 saturated carbocycles. The van der Waals surface area contributed by atoms with Crippen LogP contribution in [0.4, 0.5) is 4.79 Å². The van der Waals surface area contributed by atoms with Crippen molar-refractivity contribution < 1.29 is 14.3 Å². The molecule has 2 bridgehead atoms. The standard InChI is InChI=1S/C19H24ClNO3/c1-21-9-8-19-7-3-2-4-15(19)17(21)10-13-5-6-14(11-16(13)19)24-18(22)23-12-20/h5-6,11,15,17H,2-4,7-10,12H2,1H3/t15-,17?,19+/m1/s1. The molecule has 0 radical (unpaired) electrons. The molecule has 1 saturated heterocycles. The normalized spacial score (nSPS) is 31.8. The molecule has 2 aliphatic carbocycles. The van der Waals surface area contributed by atoms with Gasteiger partial charge in [0, 0.05) is 11.5 Å². The Labute approximate surface area is 148 Å². The van der Waals surface area contributed by atoms with Crippen LogP contribution in [0.2, 0.25) is 0 Å². The first-order valence-electron chi connectivity index (χ1n) is 8.88. The number of hydrogen-bond acceptors (Lipinski definition) is 4. The highest BCUT2D eigenvalue weighted by Crippen LogP contribution is 2.55. The van der Waals surface area contributed by atoms with Crippen LogP contribution in [-0.4, -0.2) is 36.8 Å². The van der Waals surface area contributed by atoms with Crippen LogP contribution >= 0.6 is 11.6 Å². The predicted octanol–water partition coefficient (Wildman–Crippen LogP) is 4.09. The number of carbonyl (C=O) groups excluding carboxylic acids is 1. The summed E-state index contributed by atoms with van der Waals surface area (Å²) >= 11 is 5.42. The van der Waals surface area contributed by atoms with Gasteiger partial charge in [-0.2, -0.15) is 0 Å². The summed E-state index contributed by atoms with van der Waals surface area (Å²) in [4.78, 5) is 14.1. The number of carbonyl (C=O) groups is 1. The van der Waals surface area contributed by atoms with Gasteiger partial charge in [-0.05, 0) is 68.5 Å². The topological polar surface area (TPSA) is 38.8 Å². The average Bonchev–Trinajstić information content (AvgIpc) is 2.59. The number of likely N-dealkylation sites (N-methyl/N-ethyl adjacent to an activating group) is 1. The first-order chi connectivity index (χ1) is 11.6. The summed E-state index contributed by atoms with van der Waals surface area (Å²) in [7, 11) is 2.27. The van der Waals surface area contributed by atoms with E-state index in [1.54, 1.807) is 0 Å². The molecule has 0 aromatic heterocycles. The van der Waals surface area contributed by atoms with Crippen LogP contribution in [0.3, 0.4) is 0 Å². The van der Waals surface area contributed by atoms with Crippen LogP contribution in [0, 0.1) is 5.92 Å². The van der Waals surface area contributed by atoms with Crippen molar-refractivity contribution in [1.82, 2.24) is 4.90 Å². The maximum Gasteiger partial charge on any atom is 0.515 e. The fourth-order valence-corrected chi connectivity index (χ4v) is 5.50. The lowest BCUT2D eigenvalue weighted by Gasteiger charge is -2.58. The zero-order valence-corrected chi connectivity index (χ0v) is 14.8. The van der Waals surface area contributed by atoms with Gasteiger partial charge in [0.1, 0.15) is 5.75 Å². The van der Waals surface area contributed by atoms with Crippen molar-refractivity contribution in [1.29, 1.82) is 0 Å². The number of alkyl halides is 1. The van der Waals surface area contributed by atoms with Gasteiger partial charge < -0.3 is 14.4 Å². The largest absolute Gasteiger partial charge is 0.515 e. The third-order valence-electron chi connectivity index (χ3n) is 6.46. The van der Waals surface area contributed by atoms with Crippen molar-refractivity contribution in [2.24, 2.45) is 5.92 Å².